The molecule has 0 saturated heterocycles. The Labute approximate surface area is 111 Å². The molecule has 1 aromatic rings. The molecule has 0 aliphatic heterocycles. The second kappa shape index (κ2) is 6.74. The van der Waals surface area contributed by atoms with Crippen molar-refractivity contribution in [2.45, 2.75) is 5.75 Å². The van der Waals surface area contributed by atoms with E-state index in [1.165, 1.54) is 6.08 Å². The smallest absolute Gasteiger partial charge is 0.218 e. The number of hydrogen-bond donors (Lipinski definition) is 1. The lowest BCUT2D eigenvalue weighted by atomic mass is 10.2. The van der Waals surface area contributed by atoms with Crippen molar-refractivity contribution in [3.63, 3.8) is 0 Å². The molecule has 1 rings (SSSR count). The molecule has 0 heterocycles. The molecular formula is C12H15F2NO3S. The van der Waals surface area contributed by atoms with Crippen molar-refractivity contribution in [2.75, 3.05) is 19.7 Å². The Hall–Kier alpha value is -1.31. The predicted octanol–water partition coefficient (Wildman–Crippen LogP) is 1.27. The number of sulfonamides is 1. The van der Waals surface area contributed by atoms with Crippen molar-refractivity contribution >= 4 is 10.0 Å². The van der Waals surface area contributed by atoms with E-state index < -0.39 is 27.4 Å². The summed E-state index contributed by atoms with van der Waals surface area (Å²) in [5.41, 5.74) is -0.117. The molecule has 1 N–H and O–H groups in total. The van der Waals surface area contributed by atoms with Crippen LogP contribution in [0.5, 0.6) is 0 Å². The zero-order valence-electron chi connectivity index (χ0n) is 10.2. The standard InChI is InChI=1S/C12H15F2NO3S/c1-2-5-15(6-7-16)19(17,18)9-10-3-4-11(13)8-12(10)14/h2-4,8,16H,1,5-7,9H2. The minimum atomic E-state index is -3.80. The van der Waals surface area contributed by atoms with Gasteiger partial charge in [-0.05, 0) is 6.07 Å². The molecule has 0 aromatic heterocycles. The molecule has 0 radical (unpaired) electrons. The summed E-state index contributed by atoms with van der Waals surface area (Å²) in [6, 6.07) is 2.72. The van der Waals surface area contributed by atoms with E-state index in [2.05, 4.69) is 6.58 Å². The Kier molecular flexibility index (Phi) is 5.59. The van der Waals surface area contributed by atoms with Crippen molar-refractivity contribution in [3.8, 4) is 0 Å². The maximum Gasteiger partial charge on any atom is 0.218 e. The molecule has 0 saturated carbocycles. The highest BCUT2D eigenvalue weighted by molar-refractivity contribution is 7.88. The SMILES string of the molecule is C=CCN(CCO)S(=O)(=O)Cc1ccc(F)cc1F. The van der Waals surface area contributed by atoms with E-state index in [0.717, 1.165) is 16.4 Å². The van der Waals surface area contributed by atoms with Crippen LogP contribution in [0.3, 0.4) is 0 Å². The third kappa shape index (κ3) is 4.38. The summed E-state index contributed by atoms with van der Waals surface area (Å²) in [5, 5.41) is 8.82. The lowest BCUT2D eigenvalue weighted by Gasteiger charge is -2.19. The van der Waals surface area contributed by atoms with Crippen molar-refractivity contribution in [3.05, 3.63) is 48.1 Å². The van der Waals surface area contributed by atoms with Crippen LogP contribution in [0.4, 0.5) is 8.78 Å². The van der Waals surface area contributed by atoms with E-state index in [1.807, 2.05) is 0 Å². The predicted molar refractivity (Wildman–Crippen MR) is 67.8 cm³/mol. The highest BCUT2D eigenvalue weighted by Gasteiger charge is 2.22. The summed E-state index contributed by atoms with van der Waals surface area (Å²) in [6.45, 7) is 2.99. The van der Waals surface area contributed by atoms with Gasteiger partial charge in [-0.1, -0.05) is 12.1 Å². The maximum atomic E-state index is 13.4. The highest BCUT2D eigenvalue weighted by atomic mass is 32.2. The number of halogens is 2. The normalized spacial score (nSPS) is 11.8. The Morgan fingerprint density at radius 3 is 2.58 bits per heavy atom. The van der Waals surface area contributed by atoms with Crippen LogP contribution in [0.2, 0.25) is 0 Å². The minimum absolute atomic E-state index is 0.0196. The van der Waals surface area contributed by atoms with E-state index in [1.54, 1.807) is 0 Å². The fraction of sp³-hybridized carbons (Fsp3) is 0.333. The second-order valence-corrected chi connectivity index (χ2v) is 5.83. The number of aliphatic hydroxyl groups excluding tert-OH is 1. The minimum Gasteiger partial charge on any atom is -0.395 e. The summed E-state index contributed by atoms with van der Waals surface area (Å²) in [5.74, 6) is -2.27. The molecule has 4 nitrogen and oxygen atoms in total. The topological polar surface area (TPSA) is 57.6 Å². The largest absolute Gasteiger partial charge is 0.395 e. The molecule has 1 aromatic carbocycles. The molecule has 0 atom stereocenters. The van der Waals surface area contributed by atoms with E-state index in [0.29, 0.717) is 6.07 Å². The number of aliphatic hydroxyl groups is 1. The van der Waals surface area contributed by atoms with Crippen LogP contribution in [0.15, 0.2) is 30.9 Å². The lowest BCUT2D eigenvalue weighted by molar-refractivity contribution is 0.260. The van der Waals surface area contributed by atoms with Gasteiger partial charge in [0.25, 0.3) is 0 Å². The monoisotopic (exact) mass is 291 g/mol. The van der Waals surface area contributed by atoms with Gasteiger partial charge in [0, 0.05) is 24.7 Å². The molecule has 0 unspecified atom stereocenters. The number of benzene rings is 1. The van der Waals surface area contributed by atoms with Crippen molar-refractivity contribution in [1.29, 1.82) is 0 Å². The second-order valence-electron chi connectivity index (χ2n) is 3.86. The molecule has 0 aliphatic carbocycles. The van der Waals surface area contributed by atoms with Gasteiger partial charge >= 0.3 is 0 Å². The molecule has 0 aliphatic rings. The molecule has 106 valence electrons. The number of rotatable bonds is 7. The van der Waals surface area contributed by atoms with Crippen LogP contribution < -0.4 is 0 Å². The van der Waals surface area contributed by atoms with E-state index >= 15 is 0 Å². The van der Waals surface area contributed by atoms with E-state index in [-0.39, 0.29) is 25.3 Å². The fourth-order valence-electron chi connectivity index (χ4n) is 1.53. The van der Waals surface area contributed by atoms with Crippen LogP contribution in [0.25, 0.3) is 0 Å². The Morgan fingerprint density at radius 2 is 2.05 bits per heavy atom. The molecule has 0 bridgehead atoms. The van der Waals surface area contributed by atoms with Gasteiger partial charge in [0.05, 0.1) is 12.4 Å². The van der Waals surface area contributed by atoms with Crippen molar-refractivity contribution < 1.29 is 22.3 Å². The van der Waals surface area contributed by atoms with Crippen LogP contribution in [-0.2, 0) is 15.8 Å². The van der Waals surface area contributed by atoms with Gasteiger partial charge in [-0.15, -0.1) is 6.58 Å². The number of hydrogen-bond acceptors (Lipinski definition) is 3. The van der Waals surface area contributed by atoms with Crippen LogP contribution >= 0.6 is 0 Å². The maximum absolute atomic E-state index is 13.4. The summed E-state index contributed by atoms with van der Waals surface area (Å²) >= 11 is 0. The zero-order valence-corrected chi connectivity index (χ0v) is 11.0. The summed E-state index contributed by atoms with van der Waals surface area (Å²) in [4.78, 5) is 0. The van der Waals surface area contributed by atoms with E-state index in [4.69, 9.17) is 5.11 Å². The molecule has 0 amide bonds. The first-order chi connectivity index (χ1) is 8.90. The first kappa shape index (κ1) is 15.7. The molecule has 0 spiro atoms. The summed E-state index contributed by atoms with van der Waals surface area (Å²) in [7, 11) is -3.80. The van der Waals surface area contributed by atoms with Crippen LogP contribution in [0.1, 0.15) is 5.56 Å². The van der Waals surface area contributed by atoms with Gasteiger partial charge in [-0.3, -0.25) is 0 Å². The molecule has 19 heavy (non-hydrogen) atoms. The average molecular weight is 291 g/mol. The Bertz CT molecular complexity index is 546. The lowest BCUT2D eigenvalue weighted by Crippen LogP contribution is -2.34. The molecule has 7 heteroatoms. The highest BCUT2D eigenvalue weighted by Crippen LogP contribution is 2.15. The third-order valence-electron chi connectivity index (χ3n) is 2.43. The van der Waals surface area contributed by atoms with Gasteiger partial charge in [-0.25, -0.2) is 17.2 Å². The first-order valence-corrected chi connectivity index (χ1v) is 7.15. The van der Waals surface area contributed by atoms with Gasteiger partial charge in [-0.2, -0.15) is 4.31 Å². The first-order valence-electron chi connectivity index (χ1n) is 5.54. The van der Waals surface area contributed by atoms with Crippen molar-refractivity contribution in [2.24, 2.45) is 0 Å². The Balaban J connectivity index is 2.96. The van der Waals surface area contributed by atoms with Crippen LogP contribution in [-0.4, -0.2) is 37.5 Å². The number of nitrogens with zero attached hydrogens (tertiary/aromatic N) is 1. The van der Waals surface area contributed by atoms with Crippen LogP contribution in [0, 0.1) is 11.6 Å². The van der Waals surface area contributed by atoms with Gasteiger partial charge in [0.2, 0.25) is 10.0 Å². The fourth-order valence-corrected chi connectivity index (χ4v) is 3.03. The van der Waals surface area contributed by atoms with Gasteiger partial charge < -0.3 is 5.11 Å². The zero-order chi connectivity index (χ0) is 14.5. The average Bonchev–Trinajstić information content (AvgIpc) is 2.32. The van der Waals surface area contributed by atoms with Crippen molar-refractivity contribution in [1.82, 2.24) is 4.31 Å². The Morgan fingerprint density at radius 1 is 1.37 bits per heavy atom. The molecular weight excluding hydrogens is 276 g/mol. The summed E-state index contributed by atoms with van der Waals surface area (Å²) < 4.78 is 51.2. The van der Waals surface area contributed by atoms with E-state index in [9.17, 15) is 17.2 Å². The summed E-state index contributed by atoms with van der Waals surface area (Å²) in [6.07, 6.45) is 1.37. The third-order valence-corrected chi connectivity index (χ3v) is 4.22. The quantitative estimate of drug-likeness (QED) is 0.770. The molecule has 0 fully saturated rings. The van der Waals surface area contributed by atoms with Gasteiger partial charge in [0.15, 0.2) is 0 Å². The van der Waals surface area contributed by atoms with Gasteiger partial charge in [0.1, 0.15) is 11.6 Å².